The summed E-state index contributed by atoms with van der Waals surface area (Å²) < 4.78 is 6.47. The maximum absolute atomic E-state index is 13.6. The maximum Gasteiger partial charge on any atom is 0.330 e. The zero-order valence-electron chi connectivity index (χ0n) is 19.8. The van der Waals surface area contributed by atoms with Crippen LogP contribution in [0.25, 0.3) is 0 Å². The molecule has 1 fully saturated rings. The van der Waals surface area contributed by atoms with Gasteiger partial charge in [0.15, 0.2) is 5.69 Å². The van der Waals surface area contributed by atoms with Gasteiger partial charge in [0.1, 0.15) is 5.82 Å². The van der Waals surface area contributed by atoms with E-state index in [4.69, 9.17) is 10.5 Å². The van der Waals surface area contributed by atoms with E-state index in [1.807, 2.05) is 41.8 Å². The second-order valence-corrected chi connectivity index (χ2v) is 9.58. The van der Waals surface area contributed by atoms with E-state index in [0.717, 1.165) is 24.9 Å². The van der Waals surface area contributed by atoms with E-state index < -0.39 is 11.2 Å². The lowest BCUT2D eigenvalue weighted by atomic mass is 10.2. The van der Waals surface area contributed by atoms with Crippen LogP contribution in [0.1, 0.15) is 35.7 Å². The highest BCUT2D eigenvalue weighted by molar-refractivity contribution is 7.10. The van der Waals surface area contributed by atoms with Gasteiger partial charge in [-0.25, -0.2) is 4.79 Å². The molecular weight excluding hydrogens is 466 g/mol. The highest BCUT2D eigenvalue weighted by atomic mass is 32.1. The Morgan fingerprint density at radius 3 is 2.74 bits per heavy atom. The predicted molar refractivity (Wildman–Crippen MR) is 138 cm³/mol. The first-order valence-electron chi connectivity index (χ1n) is 11.7. The number of nitrogens with one attached hydrogen (secondary N) is 1. The first-order valence-corrected chi connectivity index (χ1v) is 12.6. The molecule has 3 aromatic rings. The number of nitrogen functional groups attached to an aromatic ring is 1. The minimum Gasteiger partial charge on any atom is -0.385 e. The Morgan fingerprint density at radius 1 is 1.23 bits per heavy atom. The smallest absolute Gasteiger partial charge is 0.330 e. The molecule has 1 amide bonds. The molecule has 1 atom stereocenters. The van der Waals surface area contributed by atoms with Gasteiger partial charge in [-0.3, -0.25) is 24.0 Å². The second kappa shape index (κ2) is 11.5. The number of ether oxygens (including phenoxy) is 1. The van der Waals surface area contributed by atoms with Crippen LogP contribution in [0.3, 0.4) is 0 Å². The molecule has 0 aliphatic carbocycles. The van der Waals surface area contributed by atoms with Crippen LogP contribution in [0.15, 0.2) is 57.4 Å². The molecule has 1 unspecified atom stereocenters. The Kier molecular flexibility index (Phi) is 8.17. The number of amides is 1. The number of hydrogen-bond donors (Lipinski definition) is 2. The van der Waals surface area contributed by atoms with Crippen LogP contribution in [0.4, 0.5) is 11.5 Å². The molecule has 0 bridgehead atoms. The number of nitrogens with zero attached hydrogens (tertiary/aromatic N) is 3. The van der Waals surface area contributed by atoms with E-state index in [9.17, 15) is 14.4 Å². The molecule has 9 nitrogen and oxygen atoms in total. The van der Waals surface area contributed by atoms with Crippen LogP contribution in [0.5, 0.6) is 0 Å². The molecule has 4 rings (SSSR count). The number of benzene rings is 1. The number of thiophene rings is 1. The lowest BCUT2D eigenvalue weighted by Crippen LogP contribution is -2.45. The first kappa shape index (κ1) is 24.9. The van der Waals surface area contributed by atoms with Crippen LogP contribution in [0, 0.1) is 0 Å². The summed E-state index contributed by atoms with van der Waals surface area (Å²) in [6.07, 6.45) is 2.51. The number of carbonyl (C=O) groups excluding carboxylic acids is 1. The zero-order chi connectivity index (χ0) is 24.8. The zero-order valence-corrected chi connectivity index (χ0v) is 20.6. The molecule has 35 heavy (non-hydrogen) atoms. The fraction of sp³-hybridized carbons (Fsp3) is 0.400. The van der Waals surface area contributed by atoms with E-state index in [2.05, 4.69) is 16.0 Å². The van der Waals surface area contributed by atoms with Gasteiger partial charge in [0, 0.05) is 31.2 Å². The number of anilines is 2. The highest BCUT2D eigenvalue weighted by Crippen LogP contribution is 2.34. The largest absolute Gasteiger partial charge is 0.385 e. The van der Waals surface area contributed by atoms with E-state index in [-0.39, 0.29) is 43.1 Å². The summed E-state index contributed by atoms with van der Waals surface area (Å²) in [6.45, 7) is 1.82. The summed E-state index contributed by atoms with van der Waals surface area (Å²) in [7, 11) is 1.59. The lowest BCUT2D eigenvalue weighted by molar-refractivity contribution is -0.120. The van der Waals surface area contributed by atoms with Gasteiger partial charge in [0.25, 0.3) is 5.56 Å². The fourth-order valence-corrected chi connectivity index (χ4v) is 5.46. The third kappa shape index (κ3) is 5.72. The van der Waals surface area contributed by atoms with Crippen LogP contribution in [-0.2, 0) is 16.1 Å². The van der Waals surface area contributed by atoms with Crippen molar-refractivity contribution >= 4 is 28.7 Å². The minimum atomic E-state index is -0.668. The molecule has 186 valence electrons. The lowest BCUT2D eigenvalue weighted by Gasteiger charge is -2.29. The summed E-state index contributed by atoms with van der Waals surface area (Å²) in [5.41, 5.74) is 5.98. The van der Waals surface area contributed by atoms with Gasteiger partial charge < -0.3 is 15.4 Å². The monoisotopic (exact) mass is 497 g/mol. The van der Waals surface area contributed by atoms with Crippen molar-refractivity contribution in [3.05, 3.63) is 79.1 Å². The quantitative estimate of drug-likeness (QED) is 0.416. The number of carbonyl (C=O) groups is 1. The second-order valence-electron chi connectivity index (χ2n) is 8.60. The van der Waals surface area contributed by atoms with E-state index in [1.54, 1.807) is 18.4 Å². The fourth-order valence-electron chi connectivity index (χ4n) is 4.57. The Labute approximate surface area is 207 Å². The number of rotatable bonds is 10. The van der Waals surface area contributed by atoms with E-state index in [1.165, 1.54) is 14.3 Å². The van der Waals surface area contributed by atoms with Crippen molar-refractivity contribution in [1.29, 1.82) is 0 Å². The number of H-pyrrole nitrogens is 1. The van der Waals surface area contributed by atoms with Gasteiger partial charge >= 0.3 is 5.69 Å². The van der Waals surface area contributed by atoms with Crippen LogP contribution < -0.4 is 21.9 Å². The molecule has 3 heterocycles. The van der Waals surface area contributed by atoms with Crippen molar-refractivity contribution in [2.75, 3.05) is 44.0 Å². The van der Waals surface area contributed by atoms with Gasteiger partial charge in [0.05, 0.1) is 13.1 Å². The molecule has 1 aliphatic heterocycles. The van der Waals surface area contributed by atoms with Crippen molar-refractivity contribution in [2.45, 2.75) is 31.8 Å². The average Bonchev–Trinajstić information content (AvgIpc) is 3.53. The molecule has 0 spiro atoms. The number of likely N-dealkylation sites (tertiary alicyclic amines) is 1. The number of aromatic amines is 1. The van der Waals surface area contributed by atoms with Gasteiger partial charge in [-0.1, -0.05) is 36.4 Å². The summed E-state index contributed by atoms with van der Waals surface area (Å²) >= 11 is 1.69. The Balaban J connectivity index is 1.65. The van der Waals surface area contributed by atoms with Gasteiger partial charge in [-0.05, 0) is 42.8 Å². The molecule has 2 aromatic heterocycles. The van der Waals surface area contributed by atoms with Crippen molar-refractivity contribution < 1.29 is 9.53 Å². The van der Waals surface area contributed by atoms with Gasteiger partial charge in [-0.2, -0.15) is 0 Å². The topological polar surface area (TPSA) is 114 Å². The number of nitrogens with two attached hydrogens (primary N) is 1. The van der Waals surface area contributed by atoms with Crippen molar-refractivity contribution in [2.24, 2.45) is 0 Å². The normalized spacial score (nSPS) is 16.0. The predicted octanol–water partition coefficient (Wildman–Crippen LogP) is 2.44. The maximum atomic E-state index is 13.6. The molecule has 1 saturated heterocycles. The number of aromatic nitrogens is 2. The standard InChI is InChI=1S/C25H31N5O4S/c1-34-14-7-13-29(21(31)17-28-12-5-10-19(28)20-11-6-15-35-20)22-23(26)30(25(33)27-24(22)32)16-18-8-3-2-4-9-18/h2-4,6,8-9,11,15,19H,5,7,10,12-14,16-17,26H2,1H3,(H,27,32,33). The Morgan fingerprint density at radius 2 is 2.03 bits per heavy atom. The SMILES string of the molecule is COCCCN(C(=O)CN1CCCC1c1cccs1)c1c(N)n(Cc2ccccc2)c(=O)[nH]c1=O. The summed E-state index contributed by atoms with van der Waals surface area (Å²) in [4.78, 5) is 46.3. The molecule has 1 aliphatic rings. The van der Waals surface area contributed by atoms with Crippen molar-refractivity contribution in [3.8, 4) is 0 Å². The molecule has 0 radical (unpaired) electrons. The molecule has 3 N–H and O–H groups in total. The number of methoxy groups -OCH3 is 1. The van der Waals surface area contributed by atoms with E-state index in [0.29, 0.717) is 13.0 Å². The Bertz CT molecular complexity index is 1240. The minimum absolute atomic E-state index is 0.00787. The number of hydrogen-bond acceptors (Lipinski definition) is 7. The van der Waals surface area contributed by atoms with Crippen LogP contribution in [0.2, 0.25) is 0 Å². The molecular formula is C25H31N5O4S. The van der Waals surface area contributed by atoms with Gasteiger partial charge in [0.2, 0.25) is 5.91 Å². The van der Waals surface area contributed by atoms with Crippen molar-refractivity contribution in [1.82, 2.24) is 14.5 Å². The first-order chi connectivity index (χ1) is 17.0. The third-order valence-electron chi connectivity index (χ3n) is 6.27. The van der Waals surface area contributed by atoms with Crippen LogP contribution in [-0.4, -0.2) is 53.7 Å². The molecule has 10 heteroatoms. The molecule has 1 aromatic carbocycles. The average molecular weight is 498 g/mol. The highest BCUT2D eigenvalue weighted by Gasteiger charge is 2.31. The third-order valence-corrected chi connectivity index (χ3v) is 7.25. The molecule has 0 saturated carbocycles. The van der Waals surface area contributed by atoms with Crippen LogP contribution >= 0.6 is 11.3 Å². The Hall–Kier alpha value is -3.21. The van der Waals surface area contributed by atoms with Gasteiger partial charge in [-0.15, -0.1) is 11.3 Å². The summed E-state index contributed by atoms with van der Waals surface area (Å²) in [5.74, 6) is -0.253. The van der Waals surface area contributed by atoms with E-state index >= 15 is 0 Å². The summed E-state index contributed by atoms with van der Waals surface area (Å²) in [5, 5.41) is 2.04. The summed E-state index contributed by atoms with van der Waals surface area (Å²) in [6, 6.07) is 13.6. The van der Waals surface area contributed by atoms with Crippen molar-refractivity contribution in [3.63, 3.8) is 0 Å².